The van der Waals surface area contributed by atoms with Crippen molar-refractivity contribution in [2.75, 3.05) is 0 Å². The van der Waals surface area contributed by atoms with Crippen LogP contribution in [0.2, 0.25) is 0 Å². The van der Waals surface area contributed by atoms with Gasteiger partial charge < -0.3 is 14.5 Å². The Labute approximate surface area is 102 Å². The van der Waals surface area contributed by atoms with Crippen molar-refractivity contribution in [3.8, 4) is 11.3 Å². The smallest absolute Gasteiger partial charge is 0.352 e. The van der Waals surface area contributed by atoms with Gasteiger partial charge in [0.05, 0.1) is 0 Å². The van der Waals surface area contributed by atoms with Gasteiger partial charge >= 0.3 is 5.97 Å². The number of H-pyrrole nitrogens is 1. The Morgan fingerprint density at radius 1 is 1.39 bits per heavy atom. The molecule has 0 saturated carbocycles. The van der Waals surface area contributed by atoms with E-state index in [1.165, 1.54) is 6.39 Å². The van der Waals surface area contributed by atoms with Crippen molar-refractivity contribution >= 4 is 17.1 Å². The number of carboxylic acids is 1. The van der Waals surface area contributed by atoms with E-state index in [-0.39, 0.29) is 5.69 Å². The molecular weight excluding hydrogens is 232 g/mol. The maximum Gasteiger partial charge on any atom is 0.352 e. The van der Waals surface area contributed by atoms with Gasteiger partial charge in [0.25, 0.3) is 0 Å². The maximum atomic E-state index is 11.0. The van der Waals surface area contributed by atoms with Crippen molar-refractivity contribution in [1.29, 1.82) is 0 Å². The fourth-order valence-electron chi connectivity index (χ4n) is 1.96. The van der Waals surface area contributed by atoms with Crippen molar-refractivity contribution in [3.63, 3.8) is 0 Å². The van der Waals surface area contributed by atoms with Crippen LogP contribution in [-0.4, -0.2) is 21.0 Å². The number of rotatable bonds is 2. The molecule has 18 heavy (non-hydrogen) atoms. The lowest BCUT2D eigenvalue weighted by Gasteiger charge is -1.97. The molecule has 2 aromatic heterocycles. The molecule has 5 nitrogen and oxygen atoms in total. The topological polar surface area (TPSA) is 79.1 Å². The summed E-state index contributed by atoms with van der Waals surface area (Å²) >= 11 is 0. The Bertz CT molecular complexity index is 740. The fraction of sp³-hybridized carbons (Fsp3) is 0.0769. The number of aromatic amines is 1. The first-order valence-electron chi connectivity index (χ1n) is 5.41. The van der Waals surface area contributed by atoms with Crippen molar-refractivity contribution in [2.24, 2.45) is 0 Å². The van der Waals surface area contributed by atoms with Gasteiger partial charge in [0.1, 0.15) is 11.2 Å². The summed E-state index contributed by atoms with van der Waals surface area (Å²) in [7, 11) is 0. The van der Waals surface area contributed by atoms with E-state index in [0.29, 0.717) is 11.1 Å². The monoisotopic (exact) mass is 242 g/mol. The summed E-state index contributed by atoms with van der Waals surface area (Å²) in [6.45, 7) is 1.76. The largest absolute Gasteiger partial charge is 0.477 e. The van der Waals surface area contributed by atoms with Gasteiger partial charge in [-0.3, -0.25) is 0 Å². The first-order valence-corrected chi connectivity index (χ1v) is 5.41. The van der Waals surface area contributed by atoms with Gasteiger partial charge in [-0.25, -0.2) is 9.78 Å². The number of fused-ring (bicyclic) bond motifs is 1. The van der Waals surface area contributed by atoms with Gasteiger partial charge in [-0.05, 0) is 30.7 Å². The van der Waals surface area contributed by atoms with Gasteiger partial charge in [0.15, 0.2) is 12.0 Å². The van der Waals surface area contributed by atoms with Crippen LogP contribution in [0.4, 0.5) is 0 Å². The van der Waals surface area contributed by atoms with Crippen LogP contribution in [0.3, 0.4) is 0 Å². The molecule has 0 unspecified atom stereocenters. The molecule has 3 rings (SSSR count). The van der Waals surface area contributed by atoms with Crippen LogP contribution in [0.5, 0.6) is 0 Å². The van der Waals surface area contributed by atoms with Crippen LogP contribution in [0.25, 0.3) is 22.4 Å². The number of nitrogens with zero attached hydrogens (tertiary/aromatic N) is 1. The van der Waals surface area contributed by atoms with Crippen LogP contribution < -0.4 is 0 Å². The molecule has 0 bridgehead atoms. The summed E-state index contributed by atoms with van der Waals surface area (Å²) in [5.74, 6) is -0.959. The van der Waals surface area contributed by atoms with Gasteiger partial charge in [-0.1, -0.05) is 6.07 Å². The SMILES string of the molecule is Cc1cc(-c2ccc3ncoc3c2)[nH]c1C(=O)O. The van der Waals surface area contributed by atoms with Gasteiger partial charge in [0.2, 0.25) is 0 Å². The third kappa shape index (κ3) is 1.57. The number of oxazole rings is 1. The standard InChI is InChI=1S/C13H10N2O3/c1-7-4-10(15-12(7)13(16)17)8-2-3-9-11(5-8)18-6-14-9/h2-6,15H,1H3,(H,16,17). The van der Waals surface area contributed by atoms with Crippen LogP contribution in [-0.2, 0) is 0 Å². The summed E-state index contributed by atoms with van der Waals surface area (Å²) in [5, 5.41) is 9.00. The summed E-state index contributed by atoms with van der Waals surface area (Å²) in [6, 6.07) is 7.35. The highest BCUT2D eigenvalue weighted by Gasteiger charge is 2.12. The predicted octanol–water partition coefficient (Wildman–Crippen LogP) is 2.83. The molecule has 0 saturated heterocycles. The Morgan fingerprint density at radius 3 is 2.94 bits per heavy atom. The lowest BCUT2D eigenvalue weighted by molar-refractivity contribution is 0.0690. The molecule has 2 heterocycles. The highest BCUT2D eigenvalue weighted by molar-refractivity contribution is 5.89. The molecule has 2 N–H and O–H groups in total. The minimum atomic E-state index is -0.959. The van der Waals surface area contributed by atoms with Crippen LogP contribution in [0.1, 0.15) is 16.1 Å². The average Bonchev–Trinajstić information content (AvgIpc) is 2.93. The number of aromatic nitrogens is 2. The second kappa shape index (κ2) is 3.73. The lowest BCUT2D eigenvalue weighted by Crippen LogP contribution is -1.98. The van der Waals surface area contributed by atoms with Gasteiger partial charge in [0, 0.05) is 11.3 Å². The fourth-order valence-corrected chi connectivity index (χ4v) is 1.96. The zero-order chi connectivity index (χ0) is 12.7. The minimum absolute atomic E-state index is 0.211. The minimum Gasteiger partial charge on any atom is -0.477 e. The van der Waals surface area contributed by atoms with E-state index in [9.17, 15) is 4.79 Å². The highest BCUT2D eigenvalue weighted by Crippen LogP contribution is 2.25. The molecule has 5 heteroatoms. The Hall–Kier alpha value is -2.56. The Morgan fingerprint density at radius 2 is 2.22 bits per heavy atom. The lowest BCUT2D eigenvalue weighted by atomic mass is 10.1. The van der Waals surface area contributed by atoms with E-state index in [4.69, 9.17) is 9.52 Å². The normalized spacial score (nSPS) is 10.9. The van der Waals surface area contributed by atoms with Crippen molar-refractivity contribution in [2.45, 2.75) is 6.92 Å². The highest BCUT2D eigenvalue weighted by atomic mass is 16.4. The van der Waals surface area contributed by atoms with Crippen LogP contribution in [0, 0.1) is 6.92 Å². The van der Waals surface area contributed by atoms with Crippen molar-refractivity contribution in [1.82, 2.24) is 9.97 Å². The zero-order valence-corrected chi connectivity index (χ0v) is 9.60. The van der Waals surface area contributed by atoms with E-state index >= 15 is 0 Å². The van der Waals surface area contributed by atoms with Crippen molar-refractivity contribution in [3.05, 3.63) is 41.9 Å². The number of benzene rings is 1. The van der Waals surface area contributed by atoms with Gasteiger partial charge in [-0.15, -0.1) is 0 Å². The van der Waals surface area contributed by atoms with Gasteiger partial charge in [-0.2, -0.15) is 0 Å². The van der Waals surface area contributed by atoms with E-state index in [0.717, 1.165) is 16.8 Å². The molecule has 1 aromatic carbocycles. The summed E-state index contributed by atoms with van der Waals surface area (Å²) in [4.78, 5) is 17.9. The van der Waals surface area contributed by atoms with E-state index in [2.05, 4.69) is 9.97 Å². The molecule has 0 fully saturated rings. The zero-order valence-electron chi connectivity index (χ0n) is 9.60. The Kier molecular flexibility index (Phi) is 2.19. The van der Waals surface area contributed by atoms with E-state index < -0.39 is 5.97 Å². The van der Waals surface area contributed by atoms with Crippen molar-refractivity contribution < 1.29 is 14.3 Å². The summed E-state index contributed by atoms with van der Waals surface area (Å²) in [5.41, 5.74) is 3.99. The maximum absolute atomic E-state index is 11.0. The molecular formula is C13H10N2O3. The third-order valence-electron chi connectivity index (χ3n) is 2.87. The number of carbonyl (C=O) groups is 1. The summed E-state index contributed by atoms with van der Waals surface area (Å²) < 4.78 is 5.22. The molecule has 0 atom stereocenters. The molecule has 90 valence electrons. The molecule has 3 aromatic rings. The summed E-state index contributed by atoms with van der Waals surface area (Å²) in [6.07, 6.45) is 1.39. The number of hydrogen-bond acceptors (Lipinski definition) is 3. The number of carboxylic acid groups (broad SMARTS) is 1. The number of aromatic carboxylic acids is 1. The third-order valence-corrected chi connectivity index (χ3v) is 2.87. The molecule has 0 aliphatic heterocycles. The number of hydrogen-bond donors (Lipinski definition) is 2. The van der Waals surface area contributed by atoms with Crippen LogP contribution >= 0.6 is 0 Å². The molecule has 0 spiro atoms. The second-order valence-electron chi connectivity index (χ2n) is 4.08. The predicted molar refractivity (Wildman–Crippen MR) is 65.5 cm³/mol. The Balaban J connectivity index is 2.13. The molecule has 0 radical (unpaired) electrons. The molecule has 0 aliphatic carbocycles. The second-order valence-corrected chi connectivity index (χ2v) is 4.08. The van der Waals surface area contributed by atoms with E-state index in [1.807, 2.05) is 18.2 Å². The average molecular weight is 242 g/mol. The molecule has 0 aliphatic rings. The van der Waals surface area contributed by atoms with Crippen LogP contribution in [0.15, 0.2) is 35.1 Å². The number of nitrogens with one attached hydrogen (secondary N) is 1. The number of aryl methyl sites for hydroxylation is 1. The first kappa shape index (κ1) is 10.6. The van der Waals surface area contributed by atoms with E-state index in [1.54, 1.807) is 13.0 Å². The first-order chi connectivity index (χ1) is 8.65. The molecule has 0 amide bonds. The quantitative estimate of drug-likeness (QED) is 0.724.